The molecule has 0 radical (unpaired) electrons. The Kier molecular flexibility index (Phi) is 5.06. The van der Waals surface area contributed by atoms with Crippen molar-refractivity contribution in [2.75, 3.05) is 17.3 Å². The number of carbonyl (C=O) groups excluding carboxylic acids is 1. The first-order valence-electron chi connectivity index (χ1n) is 5.44. The normalized spacial score (nSPS) is 9.41. The summed E-state index contributed by atoms with van der Waals surface area (Å²) in [7, 11) is 0. The van der Waals surface area contributed by atoms with Crippen LogP contribution in [0.2, 0.25) is 0 Å². The molecule has 0 fully saturated rings. The zero-order chi connectivity index (χ0) is 12.8. The Balaban J connectivity index is 3.19. The van der Waals surface area contributed by atoms with Crippen LogP contribution in [0.25, 0.3) is 0 Å². The molecule has 90 valence electrons. The van der Waals surface area contributed by atoms with E-state index in [1.54, 1.807) is 11.8 Å². The molecular weight excluding hydrogens is 234 g/mol. The van der Waals surface area contributed by atoms with Crippen molar-refractivity contribution in [1.29, 1.82) is 0 Å². The maximum Gasteiger partial charge on any atom is 0.242 e. The van der Waals surface area contributed by atoms with Crippen molar-refractivity contribution in [2.45, 2.75) is 20.8 Å². The Labute approximate surface area is 108 Å². The van der Waals surface area contributed by atoms with Crippen molar-refractivity contribution in [1.82, 2.24) is 0 Å². The number of amides is 1. The first-order chi connectivity index (χ1) is 8.11. The Bertz CT molecular complexity index is 451. The number of para-hydroxylation sites is 1. The van der Waals surface area contributed by atoms with Crippen LogP contribution in [0, 0.1) is 25.7 Å². The third-order valence-corrected chi connectivity index (χ3v) is 2.77. The van der Waals surface area contributed by atoms with E-state index in [-0.39, 0.29) is 11.8 Å². The molecule has 0 saturated carbocycles. The van der Waals surface area contributed by atoms with Crippen LogP contribution in [-0.2, 0) is 4.79 Å². The minimum absolute atomic E-state index is 0.0286. The molecule has 0 aromatic heterocycles. The van der Waals surface area contributed by atoms with Crippen molar-refractivity contribution in [3.63, 3.8) is 0 Å². The number of halogens is 1. The number of anilines is 1. The molecule has 0 atom stereocenters. The molecule has 0 aliphatic heterocycles. The Hall–Kier alpha value is -1.46. The quantitative estimate of drug-likeness (QED) is 0.596. The lowest BCUT2D eigenvalue weighted by atomic mass is 10.1. The molecule has 0 spiro atoms. The highest BCUT2D eigenvalue weighted by Gasteiger charge is 2.17. The highest BCUT2D eigenvalue weighted by molar-refractivity contribution is 6.29. The lowest BCUT2D eigenvalue weighted by Crippen LogP contribution is -2.33. The van der Waals surface area contributed by atoms with E-state index in [0.717, 1.165) is 16.8 Å². The summed E-state index contributed by atoms with van der Waals surface area (Å²) < 4.78 is 0. The van der Waals surface area contributed by atoms with E-state index in [4.69, 9.17) is 11.6 Å². The van der Waals surface area contributed by atoms with Gasteiger partial charge in [0.25, 0.3) is 0 Å². The smallest absolute Gasteiger partial charge is 0.242 e. The topological polar surface area (TPSA) is 20.3 Å². The van der Waals surface area contributed by atoms with Gasteiger partial charge in [-0.05, 0) is 31.9 Å². The van der Waals surface area contributed by atoms with E-state index in [9.17, 15) is 4.79 Å². The first kappa shape index (κ1) is 13.6. The van der Waals surface area contributed by atoms with E-state index < -0.39 is 0 Å². The molecule has 1 aromatic rings. The van der Waals surface area contributed by atoms with Gasteiger partial charge < -0.3 is 0 Å². The van der Waals surface area contributed by atoms with Gasteiger partial charge in [0.15, 0.2) is 0 Å². The summed E-state index contributed by atoms with van der Waals surface area (Å²) in [4.78, 5) is 13.5. The van der Waals surface area contributed by atoms with Gasteiger partial charge in [-0.25, -0.2) is 0 Å². The molecule has 0 bridgehead atoms. The molecule has 0 aliphatic carbocycles. The molecule has 17 heavy (non-hydrogen) atoms. The van der Waals surface area contributed by atoms with Gasteiger partial charge in [0, 0.05) is 0 Å². The summed E-state index contributed by atoms with van der Waals surface area (Å²) in [6.45, 7) is 6.11. The lowest BCUT2D eigenvalue weighted by Gasteiger charge is -2.23. The minimum Gasteiger partial charge on any atom is -0.299 e. The molecule has 3 heteroatoms. The molecule has 0 aliphatic rings. The van der Waals surface area contributed by atoms with Crippen LogP contribution < -0.4 is 4.90 Å². The fourth-order valence-corrected chi connectivity index (χ4v) is 1.90. The van der Waals surface area contributed by atoms with Crippen LogP contribution in [0.5, 0.6) is 0 Å². The average molecular weight is 250 g/mol. The van der Waals surface area contributed by atoms with E-state index >= 15 is 0 Å². The zero-order valence-corrected chi connectivity index (χ0v) is 11.1. The number of rotatable bonds is 3. The number of hydrogen-bond donors (Lipinski definition) is 0. The first-order valence-corrected chi connectivity index (χ1v) is 5.97. The number of nitrogens with zero attached hydrogens (tertiary/aromatic N) is 1. The highest BCUT2D eigenvalue weighted by Crippen LogP contribution is 2.24. The molecule has 1 amide bonds. The maximum atomic E-state index is 11.8. The minimum atomic E-state index is -0.119. The third-order valence-electron chi connectivity index (χ3n) is 2.54. The summed E-state index contributed by atoms with van der Waals surface area (Å²) in [6, 6.07) is 5.94. The number of hydrogen-bond acceptors (Lipinski definition) is 1. The van der Waals surface area contributed by atoms with Gasteiger partial charge in [-0.15, -0.1) is 17.5 Å². The Morgan fingerprint density at radius 1 is 1.35 bits per heavy atom. The largest absolute Gasteiger partial charge is 0.299 e. The van der Waals surface area contributed by atoms with Gasteiger partial charge in [0.05, 0.1) is 12.2 Å². The van der Waals surface area contributed by atoms with Gasteiger partial charge in [-0.2, -0.15) is 0 Å². The average Bonchev–Trinajstić information content (AvgIpc) is 2.32. The summed E-state index contributed by atoms with van der Waals surface area (Å²) in [5.41, 5.74) is 3.03. The molecule has 1 aromatic carbocycles. The summed E-state index contributed by atoms with van der Waals surface area (Å²) in [5.74, 6) is 5.56. The van der Waals surface area contributed by atoms with E-state index in [2.05, 4.69) is 11.8 Å². The van der Waals surface area contributed by atoms with Crippen LogP contribution in [0.1, 0.15) is 18.1 Å². The maximum absolute atomic E-state index is 11.8. The Morgan fingerprint density at radius 2 is 1.94 bits per heavy atom. The number of alkyl halides is 1. The molecule has 1 rings (SSSR count). The standard InChI is InChI=1S/C14H16ClNO/c1-4-5-9-16(13(17)10-15)14-11(2)7-6-8-12(14)3/h6-8H,9-10H2,1-3H3. The zero-order valence-electron chi connectivity index (χ0n) is 10.4. The Morgan fingerprint density at radius 3 is 2.41 bits per heavy atom. The highest BCUT2D eigenvalue weighted by atomic mass is 35.5. The molecule has 0 saturated heterocycles. The second-order valence-corrected chi connectivity index (χ2v) is 4.05. The lowest BCUT2D eigenvalue weighted by molar-refractivity contribution is -0.116. The van der Waals surface area contributed by atoms with Crippen molar-refractivity contribution in [3.05, 3.63) is 29.3 Å². The van der Waals surface area contributed by atoms with Gasteiger partial charge in [-0.1, -0.05) is 24.1 Å². The van der Waals surface area contributed by atoms with E-state index in [1.165, 1.54) is 0 Å². The van der Waals surface area contributed by atoms with Crippen LogP contribution in [0.3, 0.4) is 0 Å². The monoisotopic (exact) mass is 249 g/mol. The van der Waals surface area contributed by atoms with Crippen LogP contribution in [0.4, 0.5) is 5.69 Å². The summed E-state index contributed by atoms with van der Waals surface area (Å²) >= 11 is 5.64. The van der Waals surface area contributed by atoms with Gasteiger partial charge in [-0.3, -0.25) is 9.69 Å². The number of aryl methyl sites for hydroxylation is 2. The second kappa shape index (κ2) is 6.32. The van der Waals surface area contributed by atoms with Gasteiger partial charge in [0.1, 0.15) is 5.88 Å². The molecule has 0 N–H and O–H groups in total. The van der Waals surface area contributed by atoms with Gasteiger partial charge >= 0.3 is 0 Å². The molecular formula is C14H16ClNO. The van der Waals surface area contributed by atoms with Crippen LogP contribution >= 0.6 is 11.6 Å². The van der Waals surface area contributed by atoms with Crippen LogP contribution in [0.15, 0.2) is 18.2 Å². The van der Waals surface area contributed by atoms with Crippen LogP contribution in [-0.4, -0.2) is 18.3 Å². The SMILES string of the molecule is CC#CCN(C(=O)CCl)c1c(C)cccc1C. The fourth-order valence-electron chi connectivity index (χ4n) is 1.75. The number of carbonyl (C=O) groups is 1. The summed E-state index contributed by atoms with van der Waals surface area (Å²) in [5, 5.41) is 0. The predicted octanol–water partition coefficient (Wildman–Crippen LogP) is 2.90. The van der Waals surface area contributed by atoms with Crippen molar-refractivity contribution in [2.24, 2.45) is 0 Å². The molecule has 2 nitrogen and oxygen atoms in total. The van der Waals surface area contributed by atoms with Crippen molar-refractivity contribution < 1.29 is 4.79 Å². The third kappa shape index (κ3) is 3.25. The second-order valence-electron chi connectivity index (χ2n) is 3.78. The molecule has 0 heterocycles. The fraction of sp³-hybridized carbons (Fsp3) is 0.357. The van der Waals surface area contributed by atoms with Gasteiger partial charge in [0.2, 0.25) is 5.91 Å². The van der Waals surface area contributed by atoms with Crippen molar-refractivity contribution >= 4 is 23.2 Å². The van der Waals surface area contributed by atoms with E-state index in [0.29, 0.717) is 6.54 Å². The predicted molar refractivity (Wildman–Crippen MR) is 72.4 cm³/mol. The molecule has 0 unspecified atom stereocenters. The van der Waals surface area contributed by atoms with Crippen molar-refractivity contribution in [3.8, 4) is 11.8 Å². The van der Waals surface area contributed by atoms with E-state index in [1.807, 2.05) is 32.0 Å². The number of benzene rings is 1. The summed E-state index contributed by atoms with van der Waals surface area (Å²) in [6.07, 6.45) is 0.